The molecule has 1 heterocycles. The van der Waals surface area contributed by atoms with Crippen LogP contribution in [0.4, 0.5) is 0 Å². The molecule has 0 spiro atoms. The summed E-state index contributed by atoms with van der Waals surface area (Å²) >= 11 is 0. The molecule has 26 heavy (non-hydrogen) atoms. The molecule has 0 saturated carbocycles. The van der Waals surface area contributed by atoms with Gasteiger partial charge in [0.15, 0.2) is 6.54 Å². The van der Waals surface area contributed by atoms with Gasteiger partial charge in [0.1, 0.15) is 11.3 Å². The van der Waals surface area contributed by atoms with Crippen LogP contribution < -0.4 is 10.3 Å². The molecule has 0 saturated heterocycles. The zero-order valence-electron chi connectivity index (χ0n) is 15.1. The first-order valence-corrected chi connectivity index (χ1v) is 8.92. The Hall–Kier alpha value is -3.13. The highest BCUT2D eigenvalue weighted by Gasteiger charge is 2.11. The molecule has 0 bridgehead atoms. The van der Waals surface area contributed by atoms with Crippen molar-refractivity contribution in [1.82, 2.24) is 0 Å². The number of benzene rings is 3. The quantitative estimate of drug-likeness (QED) is 0.602. The second-order valence-corrected chi connectivity index (χ2v) is 6.68. The second-order valence-electron chi connectivity index (χ2n) is 6.68. The summed E-state index contributed by atoms with van der Waals surface area (Å²) in [6.45, 7) is 5.02. The highest BCUT2D eigenvalue weighted by Crippen LogP contribution is 2.24. The Morgan fingerprint density at radius 3 is 2.23 bits per heavy atom. The Kier molecular flexibility index (Phi) is 4.40. The summed E-state index contributed by atoms with van der Waals surface area (Å²) in [5.41, 5.74) is 5.68. The van der Waals surface area contributed by atoms with Gasteiger partial charge in [-0.2, -0.15) is 0 Å². The van der Waals surface area contributed by atoms with E-state index < -0.39 is 0 Å². The summed E-state index contributed by atoms with van der Waals surface area (Å²) in [6.07, 6.45) is 0. The monoisotopic (exact) mass is 340 g/mol. The molecular weight excluding hydrogens is 318 g/mol. The molecule has 0 atom stereocenters. The van der Waals surface area contributed by atoms with Gasteiger partial charge in [-0.1, -0.05) is 66.7 Å². The van der Waals surface area contributed by atoms with E-state index in [1.807, 2.05) is 24.3 Å². The van der Waals surface area contributed by atoms with E-state index in [0.717, 1.165) is 34.2 Å². The molecule has 1 aromatic heterocycles. The topological polar surface area (TPSA) is 27.1 Å². The fraction of sp³-hybridized carbons (Fsp3) is 0.125. The average molecular weight is 340 g/mol. The molecule has 0 aliphatic rings. The molecule has 3 aromatic carbocycles. The summed E-state index contributed by atoms with van der Waals surface area (Å²) in [5, 5.41) is 2.25. The van der Waals surface area contributed by atoms with Gasteiger partial charge in [-0.25, -0.2) is 4.99 Å². The molecule has 0 radical (unpaired) electrons. The van der Waals surface area contributed by atoms with Crippen molar-refractivity contribution in [2.24, 2.45) is 0 Å². The molecule has 2 heteroatoms. The minimum Gasteiger partial charge on any atom is -0.456 e. The SMILES string of the molecule is Cc1cc(C)c2c(=[NH+]Cc3ccccc3)cc(-c3ccccc3)oc2c1. The Bertz CT molecular complexity index is 1110. The third-order valence-electron chi connectivity index (χ3n) is 4.59. The number of fused-ring (bicyclic) bond motifs is 1. The summed E-state index contributed by atoms with van der Waals surface area (Å²) in [5.74, 6) is 0.874. The zero-order valence-corrected chi connectivity index (χ0v) is 15.1. The Balaban J connectivity index is 1.94. The van der Waals surface area contributed by atoms with Gasteiger partial charge in [0.2, 0.25) is 5.36 Å². The standard InChI is InChI=1S/C24H21NO/c1-17-13-18(2)24-21(25-16-19-9-5-3-6-10-19)15-22(26-23(24)14-17)20-11-7-4-8-12-20/h3-15H,16H2,1-2H3/p+1. The van der Waals surface area contributed by atoms with Gasteiger partial charge < -0.3 is 4.42 Å². The Morgan fingerprint density at radius 1 is 0.808 bits per heavy atom. The molecule has 128 valence electrons. The first-order valence-electron chi connectivity index (χ1n) is 8.92. The molecule has 0 fully saturated rings. The normalized spacial score (nSPS) is 11.8. The van der Waals surface area contributed by atoms with E-state index in [-0.39, 0.29) is 0 Å². The van der Waals surface area contributed by atoms with Gasteiger partial charge in [0.25, 0.3) is 0 Å². The van der Waals surface area contributed by atoms with Crippen LogP contribution in [0, 0.1) is 13.8 Å². The number of rotatable bonds is 3. The maximum atomic E-state index is 6.26. The minimum atomic E-state index is 0.779. The average Bonchev–Trinajstić information content (AvgIpc) is 2.67. The van der Waals surface area contributed by atoms with Crippen molar-refractivity contribution >= 4 is 11.0 Å². The van der Waals surface area contributed by atoms with E-state index in [1.165, 1.54) is 16.7 Å². The molecular formula is C24H22NO+. The third kappa shape index (κ3) is 3.31. The highest BCUT2D eigenvalue weighted by atomic mass is 16.3. The van der Waals surface area contributed by atoms with Crippen LogP contribution in [-0.2, 0) is 6.54 Å². The first kappa shape index (κ1) is 16.3. The van der Waals surface area contributed by atoms with E-state index in [1.54, 1.807) is 0 Å². The van der Waals surface area contributed by atoms with E-state index in [4.69, 9.17) is 4.42 Å². The van der Waals surface area contributed by atoms with E-state index in [2.05, 4.69) is 73.4 Å². The lowest BCUT2D eigenvalue weighted by Gasteiger charge is -2.06. The van der Waals surface area contributed by atoms with Crippen LogP contribution in [0.2, 0.25) is 0 Å². The third-order valence-corrected chi connectivity index (χ3v) is 4.59. The van der Waals surface area contributed by atoms with E-state index >= 15 is 0 Å². The molecule has 2 nitrogen and oxygen atoms in total. The van der Waals surface area contributed by atoms with Crippen LogP contribution in [0.5, 0.6) is 0 Å². The number of nitrogens with one attached hydrogen (secondary N) is 1. The number of hydrogen-bond acceptors (Lipinski definition) is 1. The van der Waals surface area contributed by atoms with Crippen LogP contribution in [0.15, 0.2) is 83.3 Å². The van der Waals surface area contributed by atoms with Crippen LogP contribution in [-0.4, -0.2) is 0 Å². The predicted molar refractivity (Wildman–Crippen MR) is 105 cm³/mol. The van der Waals surface area contributed by atoms with Gasteiger partial charge in [-0.15, -0.1) is 0 Å². The molecule has 0 aliphatic heterocycles. The van der Waals surface area contributed by atoms with Crippen molar-refractivity contribution in [3.05, 3.63) is 101 Å². The maximum Gasteiger partial charge on any atom is 0.213 e. The molecule has 0 unspecified atom stereocenters. The van der Waals surface area contributed by atoms with Crippen LogP contribution in [0.1, 0.15) is 16.7 Å². The van der Waals surface area contributed by atoms with Crippen LogP contribution >= 0.6 is 0 Å². The molecule has 0 aliphatic carbocycles. The largest absolute Gasteiger partial charge is 0.456 e. The molecule has 4 rings (SSSR count). The Morgan fingerprint density at radius 2 is 1.50 bits per heavy atom. The number of aryl methyl sites for hydroxylation is 2. The molecule has 4 aromatic rings. The van der Waals surface area contributed by atoms with Gasteiger partial charge in [-0.05, 0) is 31.0 Å². The van der Waals surface area contributed by atoms with Crippen molar-refractivity contribution in [3.8, 4) is 11.3 Å². The van der Waals surface area contributed by atoms with Crippen LogP contribution in [0.3, 0.4) is 0 Å². The summed E-state index contributed by atoms with van der Waals surface area (Å²) in [4.78, 5) is 3.61. The van der Waals surface area contributed by atoms with Crippen molar-refractivity contribution in [3.63, 3.8) is 0 Å². The van der Waals surface area contributed by atoms with Gasteiger partial charge >= 0.3 is 0 Å². The highest BCUT2D eigenvalue weighted by molar-refractivity contribution is 5.82. The lowest BCUT2D eigenvalue weighted by molar-refractivity contribution is -0.516. The second kappa shape index (κ2) is 7.01. The Labute approximate surface area is 153 Å². The molecule has 1 N–H and O–H groups in total. The van der Waals surface area contributed by atoms with Crippen molar-refractivity contribution < 1.29 is 9.41 Å². The van der Waals surface area contributed by atoms with E-state index in [0.29, 0.717) is 0 Å². The lowest BCUT2D eigenvalue weighted by Crippen LogP contribution is -2.75. The maximum absolute atomic E-state index is 6.26. The zero-order chi connectivity index (χ0) is 17.9. The molecule has 0 amide bonds. The summed E-state index contributed by atoms with van der Waals surface area (Å²) in [6, 6.07) is 27.1. The number of hydrogen-bond donors (Lipinski definition) is 1. The lowest BCUT2D eigenvalue weighted by atomic mass is 10.0. The van der Waals surface area contributed by atoms with Crippen LogP contribution in [0.25, 0.3) is 22.3 Å². The minimum absolute atomic E-state index is 0.779. The predicted octanol–water partition coefficient (Wildman–Crippen LogP) is 3.90. The fourth-order valence-electron chi connectivity index (χ4n) is 3.38. The van der Waals surface area contributed by atoms with Crippen molar-refractivity contribution in [2.75, 3.05) is 0 Å². The summed E-state index contributed by atoms with van der Waals surface area (Å²) < 4.78 is 6.26. The fourth-order valence-corrected chi connectivity index (χ4v) is 3.38. The van der Waals surface area contributed by atoms with Gasteiger partial charge in [0.05, 0.1) is 11.5 Å². The first-order chi connectivity index (χ1) is 12.7. The van der Waals surface area contributed by atoms with Gasteiger partial charge in [0, 0.05) is 11.1 Å². The van der Waals surface area contributed by atoms with Crippen molar-refractivity contribution in [1.29, 1.82) is 0 Å². The van der Waals surface area contributed by atoms with Gasteiger partial charge in [-0.3, -0.25) is 0 Å². The van der Waals surface area contributed by atoms with E-state index in [9.17, 15) is 0 Å². The summed E-state index contributed by atoms with van der Waals surface area (Å²) in [7, 11) is 0. The van der Waals surface area contributed by atoms with Crippen molar-refractivity contribution in [2.45, 2.75) is 20.4 Å². The smallest absolute Gasteiger partial charge is 0.213 e.